The van der Waals surface area contributed by atoms with Crippen molar-refractivity contribution in [2.45, 2.75) is 39.5 Å². The Morgan fingerprint density at radius 3 is 2.80 bits per heavy atom. The molecule has 4 rings (SSSR count). The van der Waals surface area contributed by atoms with Crippen LogP contribution < -0.4 is 10.5 Å². The Labute approximate surface area is 177 Å². The number of anilines is 1. The summed E-state index contributed by atoms with van der Waals surface area (Å²) >= 11 is 0. The lowest BCUT2D eigenvalue weighted by atomic mass is 10.0. The number of rotatable bonds is 5. The van der Waals surface area contributed by atoms with Gasteiger partial charge in [0.15, 0.2) is 0 Å². The molecule has 0 unspecified atom stereocenters. The van der Waals surface area contributed by atoms with Gasteiger partial charge in [-0.3, -0.25) is 9.69 Å². The van der Waals surface area contributed by atoms with Crippen LogP contribution >= 0.6 is 0 Å². The fraction of sp³-hybridized carbons (Fsp3) is 0.478. The van der Waals surface area contributed by atoms with E-state index in [2.05, 4.69) is 22.0 Å². The molecule has 1 fully saturated rings. The minimum Gasteiger partial charge on any atom is -0.491 e. The highest BCUT2D eigenvalue weighted by molar-refractivity contribution is 5.98. The first-order valence-electron chi connectivity index (χ1n) is 10.6. The predicted molar refractivity (Wildman–Crippen MR) is 115 cm³/mol. The van der Waals surface area contributed by atoms with Gasteiger partial charge in [-0.25, -0.2) is 4.98 Å². The van der Waals surface area contributed by atoms with Gasteiger partial charge in [0, 0.05) is 44.8 Å². The normalized spacial score (nSPS) is 17.1. The summed E-state index contributed by atoms with van der Waals surface area (Å²) in [5, 5.41) is 0. The zero-order valence-corrected chi connectivity index (χ0v) is 17.8. The number of hydrogen-bond donors (Lipinski definition) is 1. The van der Waals surface area contributed by atoms with Crippen LogP contribution in [0.1, 0.15) is 41.0 Å². The lowest BCUT2D eigenvalue weighted by Crippen LogP contribution is -2.41. The molecule has 1 saturated heterocycles. The predicted octanol–water partition coefficient (Wildman–Crippen LogP) is 2.48. The number of hydrogen-bond acceptors (Lipinski definition) is 6. The van der Waals surface area contributed by atoms with Crippen LogP contribution in [-0.2, 0) is 24.2 Å². The number of nitrogen functional groups attached to an aromatic ring is 1. The van der Waals surface area contributed by atoms with Crippen LogP contribution in [0.25, 0.3) is 0 Å². The van der Waals surface area contributed by atoms with Gasteiger partial charge < -0.3 is 20.1 Å². The highest BCUT2D eigenvalue weighted by atomic mass is 16.5. The van der Waals surface area contributed by atoms with E-state index in [0.29, 0.717) is 37.7 Å². The van der Waals surface area contributed by atoms with Crippen LogP contribution in [0.5, 0.6) is 5.75 Å². The summed E-state index contributed by atoms with van der Waals surface area (Å²) in [6, 6.07) is 10.2. The molecule has 2 aliphatic heterocycles. The highest BCUT2D eigenvalue weighted by Crippen LogP contribution is 2.25. The van der Waals surface area contributed by atoms with Gasteiger partial charge >= 0.3 is 0 Å². The van der Waals surface area contributed by atoms with E-state index in [9.17, 15) is 4.79 Å². The first-order valence-corrected chi connectivity index (χ1v) is 10.6. The molecule has 0 bridgehead atoms. The minimum atomic E-state index is -0.0539. The van der Waals surface area contributed by atoms with Crippen molar-refractivity contribution in [2.24, 2.45) is 0 Å². The molecule has 2 aliphatic rings. The van der Waals surface area contributed by atoms with E-state index in [1.165, 1.54) is 5.56 Å². The third-order valence-electron chi connectivity index (χ3n) is 5.48. The van der Waals surface area contributed by atoms with Gasteiger partial charge in [0.2, 0.25) is 0 Å². The number of nitrogens with zero attached hydrogens (tertiary/aromatic N) is 3. The Kier molecular flexibility index (Phi) is 6.20. The van der Waals surface area contributed by atoms with Gasteiger partial charge in [-0.2, -0.15) is 0 Å². The summed E-state index contributed by atoms with van der Waals surface area (Å²) < 4.78 is 11.2. The van der Waals surface area contributed by atoms with E-state index in [-0.39, 0.29) is 12.0 Å². The maximum absolute atomic E-state index is 12.9. The molecule has 30 heavy (non-hydrogen) atoms. The summed E-state index contributed by atoms with van der Waals surface area (Å²) in [6.45, 7) is 8.87. The zero-order valence-electron chi connectivity index (χ0n) is 17.8. The Balaban J connectivity index is 1.48. The summed E-state index contributed by atoms with van der Waals surface area (Å²) in [4.78, 5) is 21.7. The topological polar surface area (TPSA) is 80.9 Å². The van der Waals surface area contributed by atoms with Crippen molar-refractivity contribution in [1.29, 1.82) is 0 Å². The number of nitrogens with two attached hydrogens (primary N) is 1. The van der Waals surface area contributed by atoms with Crippen molar-refractivity contribution in [3.63, 3.8) is 0 Å². The monoisotopic (exact) mass is 410 g/mol. The number of amides is 1. The van der Waals surface area contributed by atoms with Crippen molar-refractivity contribution in [3.8, 4) is 5.75 Å². The molecule has 0 aliphatic carbocycles. The quantitative estimate of drug-likeness (QED) is 0.816. The van der Waals surface area contributed by atoms with Gasteiger partial charge in [-0.05, 0) is 43.2 Å². The zero-order chi connectivity index (χ0) is 21.1. The number of morpholine rings is 1. The van der Waals surface area contributed by atoms with E-state index in [1.807, 2.05) is 32.0 Å². The molecule has 160 valence electrons. The molecule has 1 amide bonds. The maximum atomic E-state index is 12.9. The number of carbonyl (C=O) groups excluding carboxylic acids is 1. The van der Waals surface area contributed by atoms with Crippen molar-refractivity contribution >= 4 is 11.7 Å². The molecule has 2 N–H and O–H groups in total. The van der Waals surface area contributed by atoms with E-state index in [4.69, 9.17) is 15.2 Å². The van der Waals surface area contributed by atoms with Gasteiger partial charge in [0.1, 0.15) is 11.6 Å². The Hall–Kier alpha value is -2.64. The number of benzene rings is 1. The summed E-state index contributed by atoms with van der Waals surface area (Å²) in [5.41, 5.74) is 9.95. The first kappa shape index (κ1) is 20.6. The van der Waals surface area contributed by atoms with Crippen molar-refractivity contribution in [1.82, 2.24) is 14.8 Å². The highest BCUT2D eigenvalue weighted by Gasteiger charge is 2.25. The standard InChI is InChI=1S/C23H30N4O3/c1-16(2)30-19-5-3-4-17(12-19)14-26-7-6-21-18(15-26)13-20(22(24)25-21)23(28)27-8-10-29-11-9-27/h3-5,12-13,16H,6-11,14-15H2,1-2H3,(H2,24,25). The second-order valence-electron chi connectivity index (χ2n) is 8.21. The van der Waals surface area contributed by atoms with E-state index < -0.39 is 0 Å². The van der Waals surface area contributed by atoms with Crippen LogP contribution in [-0.4, -0.2) is 59.6 Å². The molecule has 0 atom stereocenters. The molecular weight excluding hydrogens is 380 g/mol. The second kappa shape index (κ2) is 9.02. The first-order chi connectivity index (χ1) is 14.5. The molecule has 0 spiro atoms. The molecule has 2 aromatic rings. The van der Waals surface area contributed by atoms with E-state index >= 15 is 0 Å². The number of ether oxygens (including phenoxy) is 2. The van der Waals surface area contributed by atoms with Crippen LogP contribution in [0.3, 0.4) is 0 Å². The Morgan fingerprint density at radius 1 is 1.23 bits per heavy atom. The fourth-order valence-corrected chi connectivity index (χ4v) is 4.04. The Bertz CT molecular complexity index is 909. The molecular formula is C23H30N4O3. The number of carbonyl (C=O) groups is 1. The van der Waals surface area contributed by atoms with E-state index in [1.54, 1.807) is 4.90 Å². The molecule has 1 aromatic heterocycles. The largest absolute Gasteiger partial charge is 0.491 e. The SMILES string of the molecule is CC(C)Oc1cccc(CN2CCc3nc(N)c(C(=O)N4CCOCC4)cc3C2)c1. The van der Waals surface area contributed by atoms with Gasteiger partial charge in [-0.15, -0.1) is 0 Å². The smallest absolute Gasteiger partial charge is 0.257 e. The average Bonchev–Trinajstić information content (AvgIpc) is 2.73. The average molecular weight is 411 g/mol. The molecule has 1 aromatic carbocycles. The van der Waals surface area contributed by atoms with Crippen LogP contribution in [0.15, 0.2) is 30.3 Å². The summed E-state index contributed by atoms with van der Waals surface area (Å²) in [6.07, 6.45) is 0.981. The number of aromatic nitrogens is 1. The molecule has 7 nitrogen and oxygen atoms in total. The third-order valence-corrected chi connectivity index (χ3v) is 5.48. The number of pyridine rings is 1. The van der Waals surface area contributed by atoms with Crippen molar-refractivity contribution in [2.75, 3.05) is 38.6 Å². The van der Waals surface area contributed by atoms with Gasteiger partial charge in [0.25, 0.3) is 5.91 Å². The summed E-state index contributed by atoms with van der Waals surface area (Å²) in [7, 11) is 0. The second-order valence-corrected chi connectivity index (χ2v) is 8.21. The molecule has 0 radical (unpaired) electrons. The molecule has 7 heteroatoms. The third kappa shape index (κ3) is 4.74. The van der Waals surface area contributed by atoms with Gasteiger partial charge in [-0.1, -0.05) is 12.1 Å². The van der Waals surface area contributed by atoms with Crippen LogP contribution in [0.2, 0.25) is 0 Å². The van der Waals surface area contributed by atoms with Crippen LogP contribution in [0, 0.1) is 0 Å². The molecule has 3 heterocycles. The number of fused-ring (bicyclic) bond motifs is 1. The summed E-state index contributed by atoms with van der Waals surface area (Å²) in [5.74, 6) is 1.17. The maximum Gasteiger partial charge on any atom is 0.257 e. The van der Waals surface area contributed by atoms with Crippen LogP contribution in [0.4, 0.5) is 5.82 Å². The molecule has 0 saturated carbocycles. The lowest BCUT2D eigenvalue weighted by Gasteiger charge is -2.30. The van der Waals surface area contributed by atoms with Crippen molar-refractivity contribution < 1.29 is 14.3 Å². The van der Waals surface area contributed by atoms with Crippen molar-refractivity contribution in [3.05, 3.63) is 52.7 Å². The Morgan fingerprint density at radius 2 is 2.03 bits per heavy atom. The van der Waals surface area contributed by atoms with Gasteiger partial charge in [0.05, 0.1) is 24.9 Å². The van der Waals surface area contributed by atoms with E-state index in [0.717, 1.165) is 43.1 Å². The lowest BCUT2D eigenvalue weighted by molar-refractivity contribution is 0.0303. The minimum absolute atomic E-state index is 0.0539. The fourth-order valence-electron chi connectivity index (χ4n) is 4.04.